The lowest BCUT2D eigenvalue weighted by Gasteiger charge is -2.41. The number of nitrogens with one attached hydrogen (secondary N) is 3. The van der Waals surface area contributed by atoms with Crippen LogP contribution in [-0.4, -0.2) is 45.4 Å². The fourth-order valence-electron chi connectivity index (χ4n) is 4.67. The van der Waals surface area contributed by atoms with E-state index in [-0.39, 0.29) is 6.03 Å². The zero-order valence-corrected chi connectivity index (χ0v) is 20.4. The van der Waals surface area contributed by atoms with Crippen LogP contribution in [0.3, 0.4) is 0 Å². The summed E-state index contributed by atoms with van der Waals surface area (Å²) in [5.74, 6) is 2.24. The van der Waals surface area contributed by atoms with Gasteiger partial charge in [0.15, 0.2) is 11.5 Å². The van der Waals surface area contributed by atoms with Gasteiger partial charge in [-0.3, -0.25) is 4.98 Å². The maximum atomic E-state index is 12.5. The van der Waals surface area contributed by atoms with E-state index in [9.17, 15) is 4.79 Å². The maximum Gasteiger partial charge on any atom is 0.319 e. The van der Waals surface area contributed by atoms with Gasteiger partial charge in [0.2, 0.25) is 0 Å². The minimum Gasteiger partial charge on any atom is -0.497 e. The number of nitrogens with zero attached hydrogens (tertiary/aromatic N) is 1. The van der Waals surface area contributed by atoms with Gasteiger partial charge >= 0.3 is 6.03 Å². The van der Waals surface area contributed by atoms with Crippen molar-refractivity contribution >= 4 is 11.7 Å². The maximum absolute atomic E-state index is 12.5. The van der Waals surface area contributed by atoms with Gasteiger partial charge in [0.1, 0.15) is 5.75 Å². The van der Waals surface area contributed by atoms with Gasteiger partial charge in [-0.25, -0.2) is 4.79 Å². The highest BCUT2D eigenvalue weighted by atomic mass is 16.5. The normalized spacial score (nSPS) is 16.7. The molecule has 0 bridgehead atoms. The highest BCUT2D eigenvalue weighted by Gasteiger charge is 2.37. The molecule has 35 heavy (non-hydrogen) atoms. The Kier molecular flexibility index (Phi) is 7.72. The first kappa shape index (κ1) is 24.3. The van der Waals surface area contributed by atoms with Crippen LogP contribution in [0.15, 0.2) is 60.9 Å². The molecule has 1 aliphatic rings. The van der Waals surface area contributed by atoms with Crippen molar-refractivity contribution in [2.45, 2.75) is 24.8 Å². The summed E-state index contributed by atoms with van der Waals surface area (Å²) in [6.45, 7) is 1.30. The van der Waals surface area contributed by atoms with Crippen molar-refractivity contribution in [1.29, 1.82) is 0 Å². The van der Waals surface area contributed by atoms with Gasteiger partial charge < -0.3 is 30.2 Å². The van der Waals surface area contributed by atoms with Crippen LogP contribution in [0.25, 0.3) is 0 Å². The Morgan fingerprint density at radius 3 is 2.40 bits per heavy atom. The Morgan fingerprint density at radius 1 is 1.00 bits per heavy atom. The minimum absolute atomic E-state index is 0.251. The second kappa shape index (κ2) is 11.1. The highest BCUT2D eigenvalue weighted by molar-refractivity contribution is 5.89. The summed E-state index contributed by atoms with van der Waals surface area (Å²) in [6.07, 6.45) is 5.60. The number of ether oxygens (including phenoxy) is 3. The first-order valence-electron chi connectivity index (χ1n) is 11.6. The number of anilines is 1. The third kappa shape index (κ3) is 5.66. The van der Waals surface area contributed by atoms with E-state index in [1.165, 1.54) is 11.1 Å². The quantitative estimate of drug-likeness (QED) is 0.434. The van der Waals surface area contributed by atoms with Crippen LogP contribution in [-0.2, 0) is 18.4 Å². The number of amides is 2. The van der Waals surface area contributed by atoms with E-state index in [4.69, 9.17) is 14.2 Å². The van der Waals surface area contributed by atoms with Crippen molar-refractivity contribution in [2.75, 3.05) is 39.7 Å². The largest absolute Gasteiger partial charge is 0.497 e. The monoisotopic (exact) mass is 476 g/mol. The van der Waals surface area contributed by atoms with Crippen LogP contribution in [0.4, 0.5) is 10.5 Å². The molecule has 1 unspecified atom stereocenters. The van der Waals surface area contributed by atoms with Gasteiger partial charge in [0.25, 0.3) is 0 Å². The fraction of sp³-hybridized carbons (Fsp3) is 0.333. The zero-order chi connectivity index (χ0) is 24.7. The van der Waals surface area contributed by atoms with Crippen LogP contribution in [0.5, 0.6) is 17.2 Å². The second-order valence-corrected chi connectivity index (χ2v) is 8.51. The molecule has 1 aromatic heterocycles. The predicted molar refractivity (Wildman–Crippen MR) is 136 cm³/mol. The van der Waals surface area contributed by atoms with Gasteiger partial charge in [-0.2, -0.15) is 0 Å². The number of pyridine rings is 1. The third-order valence-corrected chi connectivity index (χ3v) is 6.42. The van der Waals surface area contributed by atoms with Gasteiger partial charge in [0, 0.05) is 36.7 Å². The van der Waals surface area contributed by atoms with E-state index in [0.717, 1.165) is 36.4 Å². The van der Waals surface area contributed by atoms with Crippen molar-refractivity contribution in [3.8, 4) is 17.2 Å². The summed E-state index contributed by atoms with van der Waals surface area (Å²) < 4.78 is 16.5. The van der Waals surface area contributed by atoms with Gasteiger partial charge in [-0.05, 0) is 72.4 Å². The Hall–Kier alpha value is -3.78. The van der Waals surface area contributed by atoms with Crippen LogP contribution < -0.4 is 30.2 Å². The molecule has 2 amide bonds. The highest BCUT2D eigenvalue weighted by Crippen LogP contribution is 2.41. The van der Waals surface area contributed by atoms with Crippen LogP contribution >= 0.6 is 0 Å². The molecule has 2 heterocycles. The van der Waals surface area contributed by atoms with Gasteiger partial charge in [0.05, 0.1) is 21.3 Å². The smallest absolute Gasteiger partial charge is 0.319 e. The van der Waals surface area contributed by atoms with Crippen LogP contribution in [0, 0.1) is 0 Å². The first-order valence-corrected chi connectivity index (χ1v) is 11.6. The third-order valence-electron chi connectivity index (χ3n) is 6.42. The molecule has 1 aliphatic heterocycles. The van der Waals surface area contributed by atoms with Gasteiger partial charge in [-0.1, -0.05) is 12.1 Å². The van der Waals surface area contributed by atoms with Gasteiger partial charge in [-0.15, -0.1) is 0 Å². The number of hydrogen-bond acceptors (Lipinski definition) is 6. The summed E-state index contributed by atoms with van der Waals surface area (Å²) in [6, 6.07) is 15.5. The Balaban J connectivity index is 1.60. The minimum atomic E-state index is -0.397. The molecule has 0 fully saturated rings. The summed E-state index contributed by atoms with van der Waals surface area (Å²) in [7, 11) is 4.97. The van der Waals surface area contributed by atoms with E-state index in [2.05, 4.69) is 45.2 Å². The lowest BCUT2D eigenvalue weighted by molar-refractivity contribution is 0.246. The van der Waals surface area contributed by atoms with E-state index in [1.54, 1.807) is 45.9 Å². The Bertz CT molecular complexity index is 1140. The standard InChI is InChI=1S/C27H32N4O4/c1-33-22-6-4-19(5-7-22)18-27(11-15-29-26(32)31-21-9-12-28-13-10-21)23-17-25(35-3)24(34-2)16-20(23)8-14-30-27/h4-7,9-10,12-13,16-17,30H,8,11,14-15,18H2,1-3H3,(H2,28,29,31,32). The van der Waals surface area contributed by atoms with Crippen LogP contribution in [0.1, 0.15) is 23.1 Å². The number of carbonyl (C=O) groups is 1. The molecule has 0 saturated heterocycles. The first-order chi connectivity index (χ1) is 17.1. The average Bonchev–Trinajstić information content (AvgIpc) is 2.89. The van der Waals surface area contributed by atoms with E-state index < -0.39 is 5.54 Å². The zero-order valence-electron chi connectivity index (χ0n) is 20.4. The molecule has 184 valence electrons. The number of rotatable bonds is 9. The average molecular weight is 477 g/mol. The van der Waals surface area contributed by atoms with Crippen molar-refractivity contribution < 1.29 is 19.0 Å². The molecular weight excluding hydrogens is 444 g/mol. The molecule has 0 saturated carbocycles. The molecule has 2 aromatic carbocycles. The van der Waals surface area contributed by atoms with E-state index in [1.807, 2.05) is 12.1 Å². The van der Waals surface area contributed by atoms with Crippen molar-refractivity contribution in [3.05, 3.63) is 77.6 Å². The fourth-order valence-corrected chi connectivity index (χ4v) is 4.67. The summed E-state index contributed by atoms with van der Waals surface area (Å²) in [5, 5.41) is 9.62. The molecule has 8 nitrogen and oxygen atoms in total. The van der Waals surface area contributed by atoms with Crippen molar-refractivity contribution in [1.82, 2.24) is 15.6 Å². The topological polar surface area (TPSA) is 93.7 Å². The number of fused-ring (bicyclic) bond motifs is 1. The predicted octanol–water partition coefficient (Wildman–Crippen LogP) is 3.90. The SMILES string of the molecule is COc1ccc(CC2(CCNC(=O)Nc3ccncc3)NCCc3cc(OC)c(OC)cc32)cc1. The molecule has 8 heteroatoms. The van der Waals surface area contributed by atoms with E-state index in [0.29, 0.717) is 24.4 Å². The summed E-state index contributed by atoms with van der Waals surface area (Å²) in [4.78, 5) is 16.5. The van der Waals surface area contributed by atoms with E-state index >= 15 is 0 Å². The Morgan fingerprint density at radius 2 is 1.71 bits per heavy atom. The number of aromatic nitrogens is 1. The number of carbonyl (C=O) groups excluding carboxylic acids is 1. The van der Waals surface area contributed by atoms with Crippen LogP contribution in [0.2, 0.25) is 0 Å². The molecule has 0 spiro atoms. The van der Waals surface area contributed by atoms with Crippen molar-refractivity contribution in [3.63, 3.8) is 0 Å². The molecule has 3 aromatic rings. The lowest BCUT2D eigenvalue weighted by Crippen LogP contribution is -2.51. The summed E-state index contributed by atoms with van der Waals surface area (Å²) in [5.41, 5.74) is 3.85. The number of benzene rings is 2. The second-order valence-electron chi connectivity index (χ2n) is 8.51. The summed E-state index contributed by atoms with van der Waals surface area (Å²) >= 11 is 0. The van der Waals surface area contributed by atoms with Crippen molar-refractivity contribution in [2.24, 2.45) is 0 Å². The molecule has 3 N–H and O–H groups in total. The molecule has 0 radical (unpaired) electrons. The lowest BCUT2D eigenvalue weighted by atomic mass is 9.75. The number of hydrogen-bond donors (Lipinski definition) is 3. The number of methoxy groups -OCH3 is 3. The molecule has 0 aliphatic carbocycles. The molecule has 4 rings (SSSR count). The number of urea groups is 1. The Labute approximate surface area is 206 Å². The molecule has 1 atom stereocenters. The molecular formula is C27H32N4O4.